The third-order valence-electron chi connectivity index (χ3n) is 5.28. The van der Waals surface area contributed by atoms with Gasteiger partial charge < -0.3 is 10.3 Å². The average Bonchev–Trinajstić information content (AvgIpc) is 3.21. The van der Waals surface area contributed by atoms with Crippen LogP contribution in [0.2, 0.25) is 0 Å². The SMILES string of the molecule is CC(N)C(=O)n1cnc2c1CC[C@@H](C(=O)c1cn(C)c3ccccc13)C2. The topological polar surface area (TPSA) is 82.9 Å². The number of ketones is 1. The van der Waals surface area contributed by atoms with Crippen molar-refractivity contribution in [2.75, 3.05) is 0 Å². The summed E-state index contributed by atoms with van der Waals surface area (Å²) in [5, 5.41) is 0.989. The van der Waals surface area contributed by atoms with Crippen LogP contribution in [-0.2, 0) is 19.9 Å². The number of hydrogen-bond acceptors (Lipinski definition) is 4. The van der Waals surface area contributed by atoms with Crippen molar-refractivity contribution in [1.82, 2.24) is 14.1 Å². The lowest BCUT2D eigenvalue weighted by Crippen LogP contribution is -2.33. The van der Waals surface area contributed by atoms with Crippen LogP contribution in [0.25, 0.3) is 10.9 Å². The number of carbonyl (C=O) groups is 2. The van der Waals surface area contributed by atoms with Crippen molar-refractivity contribution in [3.8, 4) is 0 Å². The molecule has 6 nitrogen and oxygen atoms in total. The number of Topliss-reactive ketones (excluding diaryl/α,β-unsaturated/α-hetero) is 1. The molecule has 0 bridgehead atoms. The van der Waals surface area contributed by atoms with Gasteiger partial charge in [0.05, 0.1) is 11.7 Å². The van der Waals surface area contributed by atoms with Crippen LogP contribution in [0, 0.1) is 5.92 Å². The van der Waals surface area contributed by atoms with Crippen molar-refractivity contribution >= 4 is 22.6 Å². The van der Waals surface area contributed by atoms with Gasteiger partial charge in [0.2, 0.25) is 5.91 Å². The average molecular weight is 350 g/mol. The highest BCUT2D eigenvalue weighted by Crippen LogP contribution is 2.30. The maximum absolute atomic E-state index is 13.2. The van der Waals surface area contributed by atoms with E-state index in [-0.39, 0.29) is 17.6 Å². The molecule has 0 radical (unpaired) electrons. The second kappa shape index (κ2) is 6.21. The van der Waals surface area contributed by atoms with Gasteiger partial charge >= 0.3 is 0 Å². The summed E-state index contributed by atoms with van der Waals surface area (Å²) in [6, 6.07) is 7.38. The fourth-order valence-corrected chi connectivity index (χ4v) is 3.88. The van der Waals surface area contributed by atoms with Gasteiger partial charge in [0.1, 0.15) is 6.33 Å². The molecule has 1 unspecified atom stereocenters. The third-order valence-corrected chi connectivity index (χ3v) is 5.28. The molecule has 0 spiro atoms. The Labute approximate surface area is 151 Å². The zero-order chi connectivity index (χ0) is 18.4. The Morgan fingerprint density at radius 2 is 2.08 bits per heavy atom. The second-order valence-corrected chi connectivity index (χ2v) is 7.11. The third kappa shape index (κ3) is 2.57. The van der Waals surface area contributed by atoms with E-state index in [0.717, 1.165) is 27.9 Å². The first kappa shape index (κ1) is 16.7. The molecule has 26 heavy (non-hydrogen) atoms. The molecular weight excluding hydrogens is 328 g/mol. The zero-order valence-electron chi connectivity index (χ0n) is 15.0. The fourth-order valence-electron chi connectivity index (χ4n) is 3.88. The molecule has 1 aliphatic rings. The summed E-state index contributed by atoms with van der Waals surface area (Å²) in [4.78, 5) is 29.7. The van der Waals surface area contributed by atoms with Crippen LogP contribution in [0.3, 0.4) is 0 Å². The summed E-state index contributed by atoms with van der Waals surface area (Å²) < 4.78 is 3.55. The van der Waals surface area contributed by atoms with E-state index in [1.165, 1.54) is 0 Å². The van der Waals surface area contributed by atoms with Crippen LogP contribution >= 0.6 is 0 Å². The first-order valence-corrected chi connectivity index (χ1v) is 8.90. The van der Waals surface area contributed by atoms with Gasteiger partial charge in [-0.05, 0) is 25.8 Å². The Balaban J connectivity index is 1.63. The Hall–Kier alpha value is -2.73. The molecule has 0 amide bonds. The van der Waals surface area contributed by atoms with E-state index in [2.05, 4.69) is 4.98 Å². The van der Waals surface area contributed by atoms with Crippen molar-refractivity contribution in [3.05, 3.63) is 53.7 Å². The molecular formula is C20H22N4O2. The van der Waals surface area contributed by atoms with E-state index in [1.807, 2.05) is 42.1 Å². The summed E-state index contributed by atoms with van der Waals surface area (Å²) in [5.74, 6) is -0.111. The predicted molar refractivity (Wildman–Crippen MR) is 99.3 cm³/mol. The van der Waals surface area contributed by atoms with Crippen LogP contribution in [0.5, 0.6) is 0 Å². The predicted octanol–water partition coefficient (Wildman–Crippen LogP) is 2.35. The van der Waals surface area contributed by atoms with Crippen molar-refractivity contribution in [3.63, 3.8) is 0 Å². The summed E-state index contributed by atoms with van der Waals surface area (Å²) in [7, 11) is 1.96. The number of imidazole rings is 1. The summed E-state index contributed by atoms with van der Waals surface area (Å²) in [5.41, 5.74) is 9.27. The number of nitrogens with two attached hydrogens (primary N) is 1. The van der Waals surface area contributed by atoms with Crippen molar-refractivity contribution in [2.24, 2.45) is 18.7 Å². The Morgan fingerprint density at radius 1 is 1.31 bits per heavy atom. The number of nitrogens with zero attached hydrogens (tertiary/aromatic N) is 3. The lowest BCUT2D eigenvalue weighted by atomic mass is 9.84. The number of para-hydroxylation sites is 1. The van der Waals surface area contributed by atoms with Crippen molar-refractivity contribution < 1.29 is 9.59 Å². The van der Waals surface area contributed by atoms with Crippen LogP contribution in [0.1, 0.15) is 39.9 Å². The molecule has 2 atom stereocenters. The number of fused-ring (bicyclic) bond motifs is 2. The molecule has 0 saturated carbocycles. The lowest BCUT2D eigenvalue weighted by Gasteiger charge is -2.21. The molecule has 0 saturated heterocycles. The Morgan fingerprint density at radius 3 is 2.85 bits per heavy atom. The van der Waals surface area contributed by atoms with E-state index in [1.54, 1.807) is 17.8 Å². The first-order valence-electron chi connectivity index (χ1n) is 8.90. The molecule has 1 aliphatic carbocycles. The molecule has 134 valence electrons. The number of aryl methyl sites for hydroxylation is 1. The molecule has 0 fully saturated rings. The van der Waals surface area contributed by atoms with Gasteiger partial charge in [-0.2, -0.15) is 0 Å². The Bertz CT molecular complexity index is 1010. The van der Waals surface area contributed by atoms with Gasteiger partial charge in [-0.1, -0.05) is 18.2 Å². The van der Waals surface area contributed by atoms with Crippen LogP contribution in [0.15, 0.2) is 36.8 Å². The van der Waals surface area contributed by atoms with E-state index in [4.69, 9.17) is 5.73 Å². The van der Waals surface area contributed by atoms with Crippen molar-refractivity contribution in [2.45, 2.75) is 32.2 Å². The molecule has 0 aliphatic heterocycles. The molecule has 2 heterocycles. The van der Waals surface area contributed by atoms with Gasteiger partial charge in [-0.3, -0.25) is 14.2 Å². The van der Waals surface area contributed by atoms with Gasteiger partial charge in [0.15, 0.2) is 5.78 Å². The quantitative estimate of drug-likeness (QED) is 0.735. The number of rotatable bonds is 3. The maximum Gasteiger partial charge on any atom is 0.248 e. The Kier molecular flexibility index (Phi) is 4.00. The summed E-state index contributed by atoms with van der Waals surface area (Å²) >= 11 is 0. The number of carbonyl (C=O) groups excluding carboxylic acids is 2. The molecule has 6 heteroatoms. The smallest absolute Gasteiger partial charge is 0.248 e. The first-order chi connectivity index (χ1) is 12.5. The minimum Gasteiger partial charge on any atom is -0.350 e. The van der Waals surface area contributed by atoms with Gasteiger partial charge in [0.25, 0.3) is 0 Å². The van der Waals surface area contributed by atoms with E-state index >= 15 is 0 Å². The van der Waals surface area contributed by atoms with Crippen LogP contribution in [0.4, 0.5) is 0 Å². The standard InChI is InChI=1S/C20H22N4O2/c1-12(21)20(26)24-11-22-16-9-13(7-8-18(16)24)19(25)15-10-23(2)17-6-4-3-5-14(15)17/h3-6,10-13H,7-9,21H2,1-2H3/t12?,13-/m1/s1. The van der Waals surface area contributed by atoms with Crippen LogP contribution < -0.4 is 5.73 Å². The van der Waals surface area contributed by atoms with Gasteiger partial charge in [-0.15, -0.1) is 0 Å². The van der Waals surface area contributed by atoms with Crippen LogP contribution in [-0.4, -0.2) is 31.9 Å². The largest absolute Gasteiger partial charge is 0.350 e. The summed E-state index contributed by atoms with van der Waals surface area (Å²) in [6.45, 7) is 1.67. The maximum atomic E-state index is 13.2. The number of aromatic nitrogens is 3. The second-order valence-electron chi connectivity index (χ2n) is 7.11. The number of hydrogen-bond donors (Lipinski definition) is 1. The highest BCUT2D eigenvalue weighted by atomic mass is 16.2. The van der Waals surface area contributed by atoms with Gasteiger partial charge in [-0.25, -0.2) is 4.98 Å². The van der Waals surface area contributed by atoms with Crippen molar-refractivity contribution in [1.29, 1.82) is 0 Å². The van der Waals surface area contributed by atoms with E-state index in [9.17, 15) is 9.59 Å². The highest BCUT2D eigenvalue weighted by molar-refractivity contribution is 6.09. The molecule has 2 N–H and O–H groups in total. The van der Waals surface area contributed by atoms with Gasteiger partial charge in [0, 0.05) is 47.7 Å². The molecule has 1 aromatic carbocycles. The lowest BCUT2D eigenvalue weighted by molar-refractivity contribution is 0.0881. The minimum absolute atomic E-state index is 0.109. The molecule has 3 aromatic rings. The normalized spacial score (nSPS) is 17.9. The highest BCUT2D eigenvalue weighted by Gasteiger charge is 2.31. The minimum atomic E-state index is -0.566. The van der Waals surface area contributed by atoms with E-state index in [0.29, 0.717) is 19.3 Å². The molecule has 2 aromatic heterocycles. The monoisotopic (exact) mass is 350 g/mol. The molecule has 4 rings (SSSR count). The zero-order valence-corrected chi connectivity index (χ0v) is 15.0. The van der Waals surface area contributed by atoms with E-state index < -0.39 is 6.04 Å². The fraction of sp³-hybridized carbons (Fsp3) is 0.350. The number of benzene rings is 1. The summed E-state index contributed by atoms with van der Waals surface area (Å²) in [6.07, 6.45) is 5.40.